The molecule has 0 fully saturated rings. The first-order valence-corrected chi connectivity index (χ1v) is 11.4. The lowest BCUT2D eigenvalue weighted by molar-refractivity contribution is -0.122. The molecule has 0 spiro atoms. The highest BCUT2D eigenvalue weighted by atomic mass is 32.2. The molecule has 3 rings (SSSR count). The first kappa shape index (κ1) is 22.5. The van der Waals surface area contributed by atoms with Crippen molar-refractivity contribution in [2.45, 2.75) is 30.8 Å². The van der Waals surface area contributed by atoms with Crippen molar-refractivity contribution in [3.63, 3.8) is 0 Å². The predicted molar refractivity (Wildman–Crippen MR) is 120 cm³/mol. The minimum atomic E-state index is -3.97. The number of carbonyl (C=O) groups excluding carboxylic acids is 1. The number of aryl methyl sites for hydroxylation is 1. The summed E-state index contributed by atoms with van der Waals surface area (Å²) in [4.78, 5) is 13.0. The molecule has 162 valence electrons. The molecule has 0 aliphatic carbocycles. The molecule has 0 saturated carbocycles. The third-order valence-electron chi connectivity index (χ3n) is 4.89. The van der Waals surface area contributed by atoms with Crippen LogP contribution in [0.15, 0.2) is 83.8 Å². The second kappa shape index (κ2) is 9.76. The van der Waals surface area contributed by atoms with Crippen molar-refractivity contribution in [1.29, 1.82) is 0 Å². The molecule has 0 unspecified atom stereocenters. The van der Waals surface area contributed by atoms with E-state index in [1.54, 1.807) is 19.1 Å². The van der Waals surface area contributed by atoms with Crippen LogP contribution in [0.1, 0.15) is 29.7 Å². The van der Waals surface area contributed by atoms with Gasteiger partial charge in [-0.25, -0.2) is 8.42 Å². The van der Waals surface area contributed by atoms with E-state index in [1.165, 1.54) is 20.1 Å². The monoisotopic (exact) mass is 438 g/mol. The Balaban J connectivity index is 1.82. The number of sulfonamides is 1. The second-order valence-electron chi connectivity index (χ2n) is 7.26. The fourth-order valence-electron chi connectivity index (χ4n) is 3.26. The number of carbonyl (C=O) groups is 1. The van der Waals surface area contributed by atoms with Gasteiger partial charge in [0.1, 0.15) is 10.6 Å². The summed E-state index contributed by atoms with van der Waals surface area (Å²) in [5.41, 5.74) is 2.57. The van der Waals surface area contributed by atoms with Crippen LogP contribution < -0.4 is 14.8 Å². The van der Waals surface area contributed by atoms with Crippen molar-refractivity contribution < 1.29 is 17.9 Å². The van der Waals surface area contributed by atoms with Gasteiger partial charge in [-0.2, -0.15) is 4.72 Å². The quantitative estimate of drug-likeness (QED) is 0.563. The Bertz CT molecular complexity index is 1090. The Labute approximate surface area is 183 Å². The fraction of sp³-hybridized carbons (Fsp3) is 0.208. The molecule has 1 atom stereocenters. The number of hydrogen-bond donors (Lipinski definition) is 2. The maximum absolute atomic E-state index is 13.0. The average molecular weight is 439 g/mol. The van der Waals surface area contributed by atoms with Crippen molar-refractivity contribution in [2.24, 2.45) is 0 Å². The number of ether oxygens (including phenoxy) is 1. The van der Waals surface area contributed by atoms with Crippen molar-refractivity contribution in [2.75, 3.05) is 7.11 Å². The van der Waals surface area contributed by atoms with Crippen LogP contribution >= 0.6 is 0 Å². The van der Waals surface area contributed by atoms with Crippen LogP contribution in [0.3, 0.4) is 0 Å². The summed E-state index contributed by atoms with van der Waals surface area (Å²) in [5.74, 6) is -0.218. The van der Waals surface area contributed by atoms with Gasteiger partial charge in [0.2, 0.25) is 15.9 Å². The smallest absolute Gasteiger partial charge is 0.244 e. The summed E-state index contributed by atoms with van der Waals surface area (Å²) >= 11 is 0. The van der Waals surface area contributed by atoms with Crippen molar-refractivity contribution in [3.8, 4) is 5.75 Å². The Morgan fingerprint density at radius 2 is 1.45 bits per heavy atom. The highest BCUT2D eigenvalue weighted by molar-refractivity contribution is 7.89. The van der Waals surface area contributed by atoms with E-state index in [0.717, 1.165) is 16.7 Å². The van der Waals surface area contributed by atoms with Gasteiger partial charge in [-0.3, -0.25) is 4.79 Å². The largest absolute Gasteiger partial charge is 0.495 e. The number of rotatable bonds is 8. The fourth-order valence-corrected chi connectivity index (χ4v) is 4.72. The zero-order chi connectivity index (χ0) is 22.4. The molecule has 3 aromatic carbocycles. The van der Waals surface area contributed by atoms with E-state index in [1.807, 2.05) is 60.7 Å². The van der Waals surface area contributed by atoms with Gasteiger partial charge in [0.05, 0.1) is 19.2 Å². The molecule has 0 aliphatic heterocycles. The third-order valence-corrected chi connectivity index (χ3v) is 6.45. The van der Waals surface area contributed by atoms with Gasteiger partial charge < -0.3 is 10.1 Å². The van der Waals surface area contributed by atoms with E-state index in [9.17, 15) is 13.2 Å². The normalized spacial score (nSPS) is 12.4. The lowest BCUT2D eigenvalue weighted by Crippen LogP contribution is -2.46. The molecule has 6 nitrogen and oxygen atoms in total. The van der Waals surface area contributed by atoms with E-state index < -0.39 is 28.0 Å². The Hall–Kier alpha value is -3.16. The van der Waals surface area contributed by atoms with Crippen molar-refractivity contribution in [1.82, 2.24) is 10.0 Å². The lowest BCUT2D eigenvalue weighted by atomic mass is 9.98. The molecule has 31 heavy (non-hydrogen) atoms. The summed E-state index contributed by atoms with van der Waals surface area (Å²) < 4.78 is 33.5. The standard InChI is InChI=1S/C24H26N2O4S/c1-17-14-15-21(30-3)22(16-17)31(28,29)26-18(2)24(27)25-23(19-10-6-4-7-11-19)20-12-8-5-9-13-20/h4-16,18,23,26H,1-3H3,(H,25,27)/t18-/m0/s1. The Morgan fingerprint density at radius 3 is 1.97 bits per heavy atom. The van der Waals surface area contributed by atoms with Gasteiger partial charge in [-0.15, -0.1) is 0 Å². The van der Waals surface area contributed by atoms with E-state index in [4.69, 9.17) is 4.74 Å². The van der Waals surface area contributed by atoms with Crippen molar-refractivity contribution >= 4 is 15.9 Å². The van der Waals surface area contributed by atoms with Crippen LogP contribution in [0.4, 0.5) is 0 Å². The highest BCUT2D eigenvalue weighted by Crippen LogP contribution is 2.25. The number of hydrogen-bond acceptors (Lipinski definition) is 4. The molecule has 1 amide bonds. The number of benzene rings is 3. The van der Waals surface area contributed by atoms with Crippen LogP contribution in [0.25, 0.3) is 0 Å². The maximum Gasteiger partial charge on any atom is 0.244 e. The first-order chi connectivity index (χ1) is 14.8. The Kier molecular flexibility index (Phi) is 7.09. The van der Waals surface area contributed by atoms with Gasteiger partial charge in [0.15, 0.2) is 0 Å². The maximum atomic E-state index is 13.0. The zero-order valence-electron chi connectivity index (χ0n) is 17.7. The molecule has 0 heterocycles. The molecule has 7 heteroatoms. The van der Waals surface area contributed by atoms with Gasteiger partial charge in [0.25, 0.3) is 0 Å². The van der Waals surface area contributed by atoms with Gasteiger partial charge in [-0.1, -0.05) is 66.7 Å². The molecule has 0 bridgehead atoms. The molecule has 0 saturated heterocycles. The summed E-state index contributed by atoms with van der Waals surface area (Å²) in [6.45, 7) is 3.31. The van der Waals surface area contributed by atoms with Crippen LogP contribution in [-0.4, -0.2) is 27.5 Å². The molecule has 0 radical (unpaired) electrons. The van der Waals surface area contributed by atoms with E-state index in [0.29, 0.717) is 0 Å². The van der Waals surface area contributed by atoms with Crippen LogP contribution in [0.2, 0.25) is 0 Å². The predicted octanol–water partition coefficient (Wildman–Crippen LogP) is 3.58. The van der Waals surface area contributed by atoms with Crippen LogP contribution in [0, 0.1) is 6.92 Å². The van der Waals surface area contributed by atoms with Gasteiger partial charge in [-0.05, 0) is 42.7 Å². The second-order valence-corrected chi connectivity index (χ2v) is 8.94. The van der Waals surface area contributed by atoms with Gasteiger partial charge in [0, 0.05) is 0 Å². The average Bonchev–Trinajstić information content (AvgIpc) is 2.78. The first-order valence-electron chi connectivity index (χ1n) is 9.89. The highest BCUT2D eigenvalue weighted by Gasteiger charge is 2.27. The van der Waals surface area contributed by atoms with Gasteiger partial charge >= 0.3 is 0 Å². The summed E-state index contributed by atoms with van der Waals surface area (Å²) in [6.07, 6.45) is 0. The molecule has 0 aliphatic rings. The molecule has 0 aromatic heterocycles. The van der Waals surface area contributed by atoms with E-state index in [2.05, 4.69) is 10.0 Å². The van der Waals surface area contributed by atoms with Crippen molar-refractivity contribution in [3.05, 3.63) is 95.6 Å². The SMILES string of the molecule is COc1ccc(C)cc1S(=O)(=O)N[C@@H](C)C(=O)NC(c1ccccc1)c1ccccc1. The third kappa shape index (κ3) is 5.51. The number of amides is 1. The topological polar surface area (TPSA) is 84.5 Å². The van der Waals surface area contributed by atoms with Crippen LogP contribution in [-0.2, 0) is 14.8 Å². The van der Waals surface area contributed by atoms with E-state index in [-0.39, 0.29) is 10.6 Å². The van der Waals surface area contributed by atoms with E-state index >= 15 is 0 Å². The molecule has 3 aromatic rings. The number of nitrogens with one attached hydrogen (secondary N) is 2. The lowest BCUT2D eigenvalue weighted by Gasteiger charge is -2.23. The molecule has 2 N–H and O–H groups in total. The summed E-state index contributed by atoms with van der Waals surface area (Å²) in [7, 11) is -2.56. The minimum Gasteiger partial charge on any atom is -0.495 e. The number of methoxy groups -OCH3 is 1. The summed E-state index contributed by atoms with van der Waals surface area (Å²) in [5, 5.41) is 2.97. The van der Waals surface area contributed by atoms with Crippen LogP contribution in [0.5, 0.6) is 5.75 Å². The Morgan fingerprint density at radius 1 is 0.903 bits per heavy atom. The minimum absolute atomic E-state index is 0.00248. The molecular weight excluding hydrogens is 412 g/mol. The zero-order valence-corrected chi connectivity index (χ0v) is 18.5. The summed E-state index contributed by atoms with van der Waals surface area (Å²) in [6, 6.07) is 22.5. The molecular formula is C24H26N2O4S.